The number of nitrogens with zero attached hydrogens (tertiary/aromatic N) is 3. The van der Waals surface area contributed by atoms with Gasteiger partial charge in [-0.3, -0.25) is 5.43 Å². The van der Waals surface area contributed by atoms with Crippen LogP contribution in [-0.2, 0) is 0 Å². The van der Waals surface area contributed by atoms with Crippen LogP contribution in [0.1, 0.15) is 18.4 Å². The van der Waals surface area contributed by atoms with Crippen LogP contribution in [0.4, 0.5) is 11.8 Å². The number of nitrogen functional groups attached to an aromatic ring is 1. The second kappa shape index (κ2) is 5.29. The lowest BCUT2D eigenvalue weighted by Gasteiger charge is -2.32. The molecule has 0 atom stereocenters. The van der Waals surface area contributed by atoms with Crippen LogP contribution in [0.25, 0.3) is 0 Å². The minimum atomic E-state index is 0.284. The molecule has 6 heteroatoms. The first-order chi connectivity index (χ1) is 8.24. The molecule has 0 amide bonds. The van der Waals surface area contributed by atoms with E-state index in [4.69, 9.17) is 10.9 Å². The second-order valence-corrected chi connectivity index (χ2v) is 4.46. The summed E-state index contributed by atoms with van der Waals surface area (Å²) >= 11 is 0. The molecule has 2 rings (SSSR count). The lowest BCUT2D eigenvalue weighted by Crippen LogP contribution is -2.36. The van der Waals surface area contributed by atoms with E-state index in [0.29, 0.717) is 11.9 Å². The molecule has 4 N–H and O–H groups in total. The van der Waals surface area contributed by atoms with Crippen molar-refractivity contribution in [1.29, 1.82) is 0 Å². The number of nitrogens with one attached hydrogen (secondary N) is 1. The largest absolute Gasteiger partial charge is 0.396 e. The third-order valence-corrected chi connectivity index (χ3v) is 3.25. The first-order valence-electron chi connectivity index (χ1n) is 5.90. The fourth-order valence-corrected chi connectivity index (χ4v) is 2.15. The molecule has 0 aromatic carbocycles. The highest BCUT2D eigenvalue weighted by molar-refractivity contribution is 5.48. The van der Waals surface area contributed by atoms with Crippen molar-refractivity contribution in [3.05, 3.63) is 11.8 Å². The highest BCUT2D eigenvalue weighted by Gasteiger charge is 2.21. The maximum atomic E-state index is 9.11. The van der Waals surface area contributed by atoms with Crippen LogP contribution in [0.15, 0.2) is 6.20 Å². The van der Waals surface area contributed by atoms with E-state index >= 15 is 0 Å². The number of anilines is 2. The number of hydrogen-bond acceptors (Lipinski definition) is 6. The summed E-state index contributed by atoms with van der Waals surface area (Å²) in [6.07, 6.45) is 3.78. The summed E-state index contributed by atoms with van der Waals surface area (Å²) in [5.41, 5.74) is 3.51. The van der Waals surface area contributed by atoms with Crippen LogP contribution in [0.5, 0.6) is 0 Å². The van der Waals surface area contributed by atoms with Gasteiger partial charge in [0.2, 0.25) is 5.95 Å². The molecule has 2 heterocycles. The summed E-state index contributed by atoms with van der Waals surface area (Å²) in [5, 5.41) is 9.11. The van der Waals surface area contributed by atoms with Crippen molar-refractivity contribution in [2.24, 2.45) is 11.8 Å². The third kappa shape index (κ3) is 2.65. The molecule has 94 valence electrons. The molecule has 1 aromatic rings. The van der Waals surface area contributed by atoms with Crippen LogP contribution in [0, 0.1) is 12.8 Å². The molecular formula is C11H19N5O. The molecule has 1 saturated heterocycles. The van der Waals surface area contributed by atoms with Crippen LogP contribution in [0.3, 0.4) is 0 Å². The monoisotopic (exact) mass is 237 g/mol. The number of aliphatic hydroxyl groups excluding tert-OH is 1. The van der Waals surface area contributed by atoms with Crippen molar-refractivity contribution in [3.63, 3.8) is 0 Å². The Bertz CT molecular complexity index is 376. The second-order valence-electron chi connectivity index (χ2n) is 4.46. The Balaban J connectivity index is 2.12. The highest BCUT2D eigenvalue weighted by atomic mass is 16.3. The number of aromatic nitrogens is 2. The molecule has 0 spiro atoms. The fraction of sp³-hybridized carbons (Fsp3) is 0.636. The summed E-state index contributed by atoms with van der Waals surface area (Å²) in [6, 6.07) is 0. The zero-order valence-electron chi connectivity index (χ0n) is 10.1. The Labute approximate surface area is 101 Å². The Morgan fingerprint density at radius 1 is 1.53 bits per heavy atom. The van der Waals surface area contributed by atoms with Crippen molar-refractivity contribution in [3.8, 4) is 0 Å². The predicted molar refractivity (Wildman–Crippen MR) is 66.6 cm³/mol. The number of hydrazine groups is 1. The highest BCUT2D eigenvalue weighted by Crippen LogP contribution is 2.24. The summed E-state index contributed by atoms with van der Waals surface area (Å²) in [4.78, 5) is 10.7. The molecule has 0 unspecified atom stereocenters. The van der Waals surface area contributed by atoms with Crippen molar-refractivity contribution in [2.45, 2.75) is 19.8 Å². The number of hydrogen-bond donors (Lipinski definition) is 3. The van der Waals surface area contributed by atoms with Gasteiger partial charge >= 0.3 is 0 Å². The number of aliphatic hydroxyl groups is 1. The molecule has 0 saturated carbocycles. The molecule has 1 aliphatic rings. The SMILES string of the molecule is Cc1cnc(NN)nc1N1CCC(CO)CC1. The Kier molecular flexibility index (Phi) is 3.75. The van der Waals surface area contributed by atoms with Crippen molar-refractivity contribution < 1.29 is 5.11 Å². The van der Waals surface area contributed by atoms with Crippen molar-refractivity contribution in [1.82, 2.24) is 9.97 Å². The standard InChI is InChI=1S/C11H19N5O/c1-8-6-13-11(15-12)14-10(8)16-4-2-9(7-17)3-5-16/h6,9,17H,2-5,7,12H2,1H3,(H,13,14,15). The maximum Gasteiger partial charge on any atom is 0.239 e. The van der Waals surface area contributed by atoms with Gasteiger partial charge in [0, 0.05) is 31.5 Å². The number of piperidine rings is 1. The molecule has 1 aromatic heterocycles. The van der Waals surface area contributed by atoms with Gasteiger partial charge in [0.05, 0.1) is 0 Å². The number of rotatable bonds is 3. The first kappa shape index (κ1) is 12.1. The minimum Gasteiger partial charge on any atom is -0.396 e. The Morgan fingerprint density at radius 3 is 2.82 bits per heavy atom. The topological polar surface area (TPSA) is 87.3 Å². The van der Waals surface area contributed by atoms with Gasteiger partial charge in [0.1, 0.15) is 5.82 Å². The van der Waals surface area contributed by atoms with Gasteiger partial charge in [-0.05, 0) is 25.7 Å². The average molecular weight is 237 g/mol. The van der Waals surface area contributed by atoms with E-state index in [1.165, 1.54) is 0 Å². The van der Waals surface area contributed by atoms with Gasteiger partial charge in [-0.2, -0.15) is 4.98 Å². The maximum absolute atomic E-state index is 9.11. The van der Waals surface area contributed by atoms with E-state index in [-0.39, 0.29) is 6.61 Å². The van der Waals surface area contributed by atoms with Gasteiger partial charge < -0.3 is 10.0 Å². The van der Waals surface area contributed by atoms with E-state index in [9.17, 15) is 0 Å². The summed E-state index contributed by atoms with van der Waals surface area (Å²) in [5.74, 6) is 7.12. The number of nitrogens with two attached hydrogens (primary N) is 1. The normalized spacial score (nSPS) is 17.2. The molecule has 0 radical (unpaired) electrons. The minimum absolute atomic E-state index is 0.284. The van der Waals surface area contributed by atoms with Crippen LogP contribution in [0.2, 0.25) is 0 Å². The molecule has 0 aliphatic carbocycles. The van der Waals surface area contributed by atoms with E-state index in [1.54, 1.807) is 6.20 Å². The van der Waals surface area contributed by atoms with Gasteiger partial charge in [-0.15, -0.1) is 0 Å². The smallest absolute Gasteiger partial charge is 0.239 e. The zero-order chi connectivity index (χ0) is 12.3. The zero-order valence-corrected chi connectivity index (χ0v) is 10.1. The summed E-state index contributed by atoms with van der Waals surface area (Å²) < 4.78 is 0. The average Bonchev–Trinajstić information content (AvgIpc) is 2.39. The Morgan fingerprint density at radius 2 is 2.24 bits per heavy atom. The molecule has 6 nitrogen and oxygen atoms in total. The van der Waals surface area contributed by atoms with Crippen molar-refractivity contribution in [2.75, 3.05) is 30.0 Å². The van der Waals surface area contributed by atoms with Crippen LogP contribution >= 0.6 is 0 Å². The van der Waals surface area contributed by atoms with Crippen LogP contribution < -0.4 is 16.2 Å². The molecule has 17 heavy (non-hydrogen) atoms. The fourth-order valence-electron chi connectivity index (χ4n) is 2.15. The molecular weight excluding hydrogens is 218 g/mol. The lowest BCUT2D eigenvalue weighted by molar-refractivity contribution is 0.202. The van der Waals surface area contributed by atoms with Gasteiger partial charge in [0.25, 0.3) is 0 Å². The predicted octanol–water partition coefficient (Wildman–Crippen LogP) is 0.279. The van der Waals surface area contributed by atoms with E-state index < -0.39 is 0 Å². The molecule has 0 bridgehead atoms. The van der Waals surface area contributed by atoms with Crippen molar-refractivity contribution >= 4 is 11.8 Å². The quantitative estimate of drug-likeness (QED) is 0.517. The Hall–Kier alpha value is -1.40. The summed E-state index contributed by atoms with van der Waals surface area (Å²) in [6.45, 7) is 4.13. The van der Waals surface area contributed by atoms with E-state index in [1.807, 2.05) is 6.92 Å². The molecule has 1 fully saturated rings. The van der Waals surface area contributed by atoms with E-state index in [2.05, 4.69) is 20.3 Å². The van der Waals surface area contributed by atoms with Gasteiger partial charge in [-0.25, -0.2) is 10.8 Å². The first-order valence-corrected chi connectivity index (χ1v) is 5.90. The lowest BCUT2D eigenvalue weighted by atomic mass is 9.98. The van der Waals surface area contributed by atoms with Gasteiger partial charge in [-0.1, -0.05) is 0 Å². The third-order valence-electron chi connectivity index (χ3n) is 3.25. The van der Waals surface area contributed by atoms with E-state index in [0.717, 1.165) is 37.3 Å². The van der Waals surface area contributed by atoms with Gasteiger partial charge in [0.15, 0.2) is 0 Å². The van der Waals surface area contributed by atoms with Crippen LogP contribution in [-0.4, -0.2) is 34.8 Å². The molecule has 1 aliphatic heterocycles. The summed E-state index contributed by atoms with van der Waals surface area (Å²) in [7, 11) is 0. The number of aryl methyl sites for hydroxylation is 1.